The van der Waals surface area contributed by atoms with E-state index in [-0.39, 0.29) is 5.78 Å². The minimum absolute atomic E-state index is 0.108. The van der Waals surface area contributed by atoms with Crippen LogP contribution in [0.4, 0.5) is 14.5 Å². The van der Waals surface area contributed by atoms with E-state index >= 15 is 0 Å². The van der Waals surface area contributed by atoms with Crippen molar-refractivity contribution in [2.45, 2.75) is 13.0 Å². The van der Waals surface area contributed by atoms with Gasteiger partial charge in [0.05, 0.1) is 0 Å². The number of benzene rings is 2. The number of rotatable bonds is 2. The molecule has 0 unspecified atom stereocenters. The number of hydrogen-bond acceptors (Lipinski definition) is 2. The molecule has 1 heterocycles. The van der Waals surface area contributed by atoms with E-state index in [0.29, 0.717) is 30.6 Å². The molecule has 0 N–H and O–H groups in total. The van der Waals surface area contributed by atoms with Crippen LogP contribution in [-0.2, 0) is 6.54 Å². The number of carbonyl (C=O) groups excluding carboxylic acids is 1. The van der Waals surface area contributed by atoms with Crippen molar-refractivity contribution in [1.29, 1.82) is 0 Å². The lowest BCUT2D eigenvalue weighted by Crippen LogP contribution is -2.31. The van der Waals surface area contributed by atoms with E-state index in [2.05, 4.69) is 0 Å². The van der Waals surface area contributed by atoms with Crippen molar-refractivity contribution in [3.05, 3.63) is 65.2 Å². The highest BCUT2D eigenvalue weighted by atomic mass is 19.1. The van der Waals surface area contributed by atoms with Gasteiger partial charge in [-0.2, -0.15) is 0 Å². The average molecular weight is 273 g/mol. The van der Waals surface area contributed by atoms with Crippen LogP contribution in [0.5, 0.6) is 0 Å². The Bertz CT molecular complexity index is 669. The Morgan fingerprint density at radius 3 is 2.70 bits per heavy atom. The van der Waals surface area contributed by atoms with E-state index in [0.717, 1.165) is 11.8 Å². The first-order chi connectivity index (χ1) is 9.65. The third-order valence-corrected chi connectivity index (χ3v) is 3.53. The van der Waals surface area contributed by atoms with Crippen molar-refractivity contribution in [2.75, 3.05) is 11.4 Å². The van der Waals surface area contributed by atoms with Crippen LogP contribution in [0.3, 0.4) is 0 Å². The molecule has 0 aliphatic carbocycles. The molecule has 0 bridgehead atoms. The largest absolute Gasteiger partial charge is 0.366 e. The summed E-state index contributed by atoms with van der Waals surface area (Å²) in [5.74, 6) is -1.03. The summed E-state index contributed by atoms with van der Waals surface area (Å²) in [6.07, 6.45) is 0.416. The van der Waals surface area contributed by atoms with Crippen LogP contribution < -0.4 is 4.90 Å². The fourth-order valence-electron chi connectivity index (χ4n) is 2.50. The average Bonchev–Trinajstić information content (AvgIpc) is 2.45. The van der Waals surface area contributed by atoms with Crippen LogP contribution >= 0.6 is 0 Å². The van der Waals surface area contributed by atoms with E-state index in [9.17, 15) is 13.6 Å². The fourth-order valence-corrected chi connectivity index (χ4v) is 2.50. The van der Waals surface area contributed by atoms with Crippen molar-refractivity contribution in [3.63, 3.8) is 0 Å². The summed E-state index contributed by atoms with van der Waals surface area (Å²) in [6.45, 7) is 0.878. The molecule has 2 aromatic carbocycles. The smallest absolute Gasteiger partial charge is 0.166 e. The monoisotopic (exact) mass is 273 g/mol. The molecular formula is C16H13F2NO. The molecule has 20 heavy (non-hydrogen) atoms. The van der Waals surface area contributed by atoms with Gasteiger partial charge in [0, 0.05) is 42.4 Å². The van der Waals surface area contributed by atoms with Crippen LogP contribution in [0.25, 0.3) is 0 Å². The Hall–Kier alpha value is -2.23. The molecule has 2 aromatic rings. The lowest BCUT2D eigenvalue weighted by molar-refractivity contribution is 0.0979. The van der Waals surface area contributed by atoms with Gasteiger partial charge in [-0.1, -0.05) is 18.2 Å². The number of para-hydroxylation sites is 1. The minimum atomic E-state index is -0.583. The maximum absolute atomic E-state index is 13.7. The van der Waals surface area contributed by atoms with Gasteiger partial charge in [0.15, 0.2) is 5.78 Å². The first-order valence-electron chi connectivity index (χ1n) is 6.46. The van der Waals surface area contributed by atoms with Gasteiger partial charge in [-0.05, 0) is 18.2 Å². The molecule has 4 heteroatoms. The molecule has 0 saturated carbocycles. The number of halogens is 2. The topological polar surface area (TPSA) is 20.3 Å². The highest BCUT2D eigenvalue weighted by Gasteiger charge is 2.23. The van der Waals surface area contributed by atoms with E-state index in [1.807, 2.05) is 23.1 Å². The number of carbonyl (C=O) groups is 1. The van der Waals surface area contributed by atoms with Crippen LogP contribution in [0.2, 0.25) is 0 Å². The second kappa shape index (κ2) is 5.04. The van der Waals surface area contributed by atoms with Crippen LogP contribution in [0.15, 0.2) is 42.5 Å². The predicted octanol–water partition coefficient (Wildman–Crippen LogP) is 3.56. The van der Waals surface area contributed by atoms with Gasteiger partial charge in [0.25, 0.3) is 0 Å². The summed E-state index contributed by atoms with van der Waals surface area (Å²) in [7, 11) is 0. The molecule has 102 valence electrons. The molecule has 0 aromatic heterocycles. The molecule has 0 atom stereocenters. The zero-order valence-electron chi connectivity index (χ0n) is 10.8. The van der Waals surface area contributed by atoms with Gasteiger partial charge in [-0.3, -0.25) is 4.79 Å². The molecule has 1 aliphatic rings. The lowest BCUT2D eigenvalue weighted by Gasteiger charge is -2.30. The van der Waals surface area contributed by atoms with Gasteiger partial charge in [-0.15, -0.1) is 0 Å². The normalized spacial score (nSPS) is 14.3. The first kappa shape index (κ1) is 12.8. The summed E-state index contributed by atoms with van der Waals surface area (Å²) < 4.78 is 26.6. The van der Waals surface area contributed by atoms with Crippen molar-refractivity contribution >= 4 is 11.5 Å². The maximum atomic E-state index is 13.7. The van der Waals surface area contributed by atoms with E-state index in [4.69, 9.17) is 0 Å². The van der Waals surface area contributed by atoms with Gasteiger partial charge < -0.3 is 4.90 Å². The van der Waals surface area contributed by atoms with Gasteiger partial charge in [0.1, 0.15) is 11.6 Å². The lowest BCUT2D eigenvalue weighted by atomic mass is 10.00. The quantitative estimate of drug-likeness (QED) is 0.834. The van der Waals surface area contributed by atoms with E-state index in [1.165, 1.54) is 12.1 Å². The highest BCUT2D eigenvalue weighted by molar-refractivity contribution is 6.03. The van der Waals surface area contributed by atoms with Gasteiger partial charge >= 0.3 is 0 Å². The Morgan fingerprint density at radius 1 is 1.10 bits per heavy atom. The molecule has 0 fully saturated rings. The maximum Gasteiger partial charge on any atom is 0.166 e. The molecule has 2 nitrogen and oxygen atoms in total. The Balaban J connectivity index is 1.92. The molecule has 0 spiro atoms. The number of hydrogen-bond donors (Lipinski definition) is 0. The Labute approximate surface area is 115 Å². The minimum Gasteiger partial charge on any atom is -0.366 e. The molecule has 0 amide bonds. The Kier molecular flexibility index (Phi) is 3.22. The zero-order valence-corrected chi connectivity index (χ0v) is 10.8. The molecule has 0 saturated heterocycles. The number of ketones is 1. The molecule has 0 radical (unpaired) electrons. The summed E-state index contributed by atoms with van der Waals surface area (Å²) in [5.41, 5.74) is 1.91. The second-order valence-corrected chi connectivity index (χ2v) is 4.85. The van der Waals surface area contributed by atoms with Crippen molar-refractivity contribution in [3.8, 4) is 0 Å². The van der Waals surface area contributed by atoms with Crippen LogP contribution in [0, 0.1) is 11.6 Å². The van der Waals surface area contributed by atoms with E-state index in [1.54, 1.807) is 6.07 Å². The third-order valence-electron chi connectivity index (χ3n) is 3.53. The summed E-state index contributed by atoms with van der Waals surface area (Å²) in [5, 5.41) is 0. The molecule has 3 rings (SSSR count). The van der Waals surface area contributed by atoms with Crippen LogP contribution in [0.1, 0.15) is 22.3 Å². The summed E-state index contributed by atoms with van der Waals surface area (Å²) in [6, 6.07) is 10.9. The third kappa shape index (κ3) is 2.29. The Morgan fingerprint density at radius 2 is 1.90 bits per heavy atom. The summed E-state index contributed by atoms with van der Waals surface area (Å²) in [4.78, 5) is 13.8. The number of Topliss-reactive ketones (excluding diaryl/α,β-unsaturated/α-hetero) is 1. The number of nitrogens with zero attached hydrogens (tertiary/aromatic N) is 1. The van der Waals surface area contributed by atoms with Gasteiger partial charge in [-0.25, -0.2) is 8.78 Å². The highest BCUT2D eigenvalue weighted by Crippen LogP contribution is 2.28. The van der Waals surface area contributed by atoms with Gasteiger partial charge in [0.2, 0.25) is 0 Å². The predicted molar refractivity (Wildman–Crippen MR) is 72.8 cm³/mol. The SMILES string of the molecule is O=C1CCN(Cc2ccc(F)cc2F)c2ccccc21. The second-order valence-electron chi connectivity index (χ2n) is 4.85. The zero-order chi connectivity index (χ0) is 14.1. The van der Waals surface area contributed by atoms with Crippen molar-refractivity contribution < 1.29 is 13.6 Å². The first-order valence-corrected chi connectivity index (χ1v) is 6.46. The molecular weight excluding hydrogens is 260 g/mol. The van der Waals surface area contributed by atoms with Crippen LogP contribution in [-0.4, -0.2) is 12.3 Å². The number of anilines is 1. The fraction of sp³-hybridized carbons (Fsp3) is 0.188. The standard InChI is InChI=1S/C16H13F2NO/c17-12-6-5-11(14(18)9-12)10-19-8-7-16(20)13-3-1-2-4-15(13)19/h1-6,9H,7-8,10H2. The van der Waals surface area contributed by atoms with Crippen molar-refractivity contribution in [2.24, 2.45) is 0 Å². The molecule has 1 aliphatic heterocycles. The van der Waals surface area contributed by atoms with E-state index < -0.39 is 11.6 Å². The number of fused-ring (bicyclic) bond motifs is 1. The van der Waals surface area contributed by atoms with Crippen molar-refractivity contribution in [1.82, 2.24) is 0 Å². The summed E-state index contributed by atoms with van der Waals surface area (Å²) >= 11 is 0.